The molecule has 0 atom stereocenters. The summed E-state index contributed by atoms with van der Waals surface area (Å²) in [5, 5.41) is 13.8. The van der Waals surface area contributed by atoms with Gasteiger partial charge in [0, 0.05) is 69.5 Å². The van der Waals surface area contributed by atoms with Crippen LogP contribution in [0.5, 0.6) is 0 Å². The van der Waals surface area contributed by atoms with Crippen molar-refractivity contribution in [2.75, 3.05) is 126 Å². The summed E-state index contributed by atoms with van der Waals surface area (Å²) in [6.45, 7) is 5.82. The summed E-state index contributed by atoms with van der Waals surface area (Å²) < 4.78 is 0. The second kappa shape index (κ2) is 20.6. The molecule has 0 aliphatic carbocycles. The van der Waals surface area contributed by atoms with E-state index in [-0.39, 0.29) is 0 Å². The Balaban J connectivity index is 1.38. The lowest BCUT2D eigenvalue weighted by molar-refractivity contribution is 0.542. The van der Waals surface area contributed by atoms with Crippen LogP contribution in [0.2, 0.25) is 0 Å². The van der Waals surface area contributed by atoms with Gasteiger partial charge in [-0.25, -0.2) is 0 Å². The van der Waals surface area contributed by atoms with E-state index in [4.69, 9.17) is 0 Å². The van der Waals surface area contributed by atoms with Gasteiger partial charge in [0.2, 0.25) is 35.7 Å². The van der Waals surface area contributed by atoms with Crippen molar-refractivity contribution in [3.63, 3.8) is 0 Å². The zero-order chi connectivity index (χ0) is 31.5. The van der Waals surface area contributed by atoms with Gasteiger partial charge < -0.3 is 40.9 Å². The molecule has 0 bridgehead atoms. The molecule has 2 aromatic rings. The molecule has 0 fully saturated rings. The summed E-state index contributed by atoms with van der Waals surface area (Å²) in [5.74, 6) is 3.89. The molecular weight excluding hydrogens is 544 g/mol. The maximum Gasteiger partial charge on any atom is 0.231 e. The zero-order valence-corrected chi connectivity index (χ0v) is 28.1. The lowest BCUT2D eigenvalue weighted by atomic mass is 10.1. The van der Waals surface area contributed by atoms with Crippen LogP contribution in [0.1, 0.15) is 57.8 Å². The number of nitrogens with zero attached hydrogens (tertiary/aromatic N) is 10. The number of aromatic nitrogens is 6. The highest BCUT2D eigenvalue weighted by Crippen LogP contribution is 2.14. The summed E-state index contributed by atoms with van der Waals surface area (Å²) in [4.78, 5) is 34.4. The van der Waals surface area contributed by atoms with E-state index in [0.29, 0.717) is 35.7 Å². The van der Waals surface area contributed by atoms with Gasteiger partial charge >= 0.3 is 0 Å². The number of hydrogen-bond donors (Lipinski definition) is 4. The number of nitrogens with one attached hydrogen (secondary N) is 4. The van der Waals surface area contributed by atoms with Crippen molar-refractivity contribution >= 4 is 35.7 Å². The number of rotatable bonds is 24. The van der Waals surface area contributed by atoms with Crippen LogP contribution in [-0.2, 0) is 0 Å². The minimum atomic E-state index is 0.626. The molecule has 0 aromatic carbocycles. The fourth-order valence-electron chi connectivity index (χ4n) is 4.13. The largest absolute Gasteiger partial charge is 0.354 e. The number of anilines is 6. The summed E-state index contributed by atoms with van der Waals surface area (Å²) in [6.07, 6.45) is 11.1. The van der Waals surface area contributed by atoms with Crippen molar-refractivity contribution in [3.05, 3.63) is 0 Å². The summed E-state index contributed by atoms with van der Waals surface area (Å²) >= 11 is 0. The molecule has 2 rings (SSSR count). The lowest BCUT2D eigenvalue weighted by Crippen LogP contribution is -2.22. The average molecular weight is 603 g/mol. The second-order valence-corrected chi connectivity index (χ2v) is 11.6. The average Bonchev–Trinajstić information content (AvgIpc) is 2.97. The zero-order valence-electron chi connectivity index (χ0n) is 28.1. The van der Waals surface area contributed by atoms with Crippen molar-refractivity contribution in [2.24, 2.45) is 0 Å². The van der Waals surface area contributed by atoms with E-state index < -0.39 is 0 Å². The molecule has 43 heavy (non-hydrogen) atoms. The van der Waals surface area contributed by atoms with Gasteiger partial charge in [-0.1, -0.05) is 32.1 Å². The van der Waals surface area contributed by atoms with Gasteiger partial charge in [-0.15, -0.1) is 0 Å². The predicted octanol–water partition coefficient (Wildman–Crippen LogP) is 2.53. The van der Waals surface area contributed by atoms with Gasteiger partial charge in [-0.05, 0) is 51.9 Å². The Morgan fingerprint density at radius 1 is 0.349 bits per heavy atom. The first-order valence-corrected chi connectivity index (χ1v) is 15.8. The van der Waals surface area contributed by atoms with Gasteiger partial charge in [-0.2, -0.15) is 29.9 Å². The van der Waals surface area contributed by atoms with Crippen LogP contribution in [0.3, 0.4) is 0 Å². The van der Waals surface area contributed by atoms with E-state index in [1.165, 1.54) is 44.9 Å². The standard InChI is InChI=1S/C29H58N14/c1-40(2)26-34-24(35-27(38-26)41(3)4)32-22-16-20-30-18-14-12-10-9-11-13-15-19-31-21-17-23-33-25-36-28(42(5)6)39-29(37-25)43(7)8/h30-31H,9-23H2,1-8H3,(H,32,34,35,38)(H,33,36,37,39). The maximum atomic E-state index is 4.48. The third kappa shape index (κ3) is 15.2. The first kappa shape index (κ1) is 35.9. The molecule has 0 amide bonds. The minimum absolute atomic E-state index is 0.626. The van der Waals surface area contributed by atoms with Crippen molar-refractivity contribution < 1.29 is 0 Å². The Morgan fingerprint density at radius 3 is 0.930 bits per heavy atom. The molecule has 0 radical (unpaired) electrons. The lowest BCUT2D eigenvalue weighted by Gasteiger charge is -2.16. The third-order valence-corrected chi connectivity index (χ3v) is 6.66. The molecule has 2 heterocycles. The molecule has 0 spiro atoms. The van der Waals surface area contributed by atoms with Gasteiger partial charge in [-0.3, -0.25) is 0 Å². The maximum absolute atomic E-state index is 4.48. The highest BCUT2D eigenvalue weighted by molar-refractivity contribution is 5.44. The minimum Gasteiger partial charge on any atom is -0.354 e. The van der Waals surface area contributed by atoms with Crippen LogP contribution >= 0.6 is 0 Å². The monoisotopic (exact) mass is 602 g/mol. The predicted molar refractivity (Wildman–Crippen MR) is 181 cm³/mol. The first-order valence-electron chi connectivity index (χ1n) is 15.8. The number of hydrogen-bond acceptors (Lipinski definition) is 14. The van der Waals surface area contributed by atoms with Gasteiger partial charge in [0.1, 0.15) is 0 Å². The summed E-state index contributed by atoms with van der Waals surface area (Å²) in [6, 6.07) is 0. The quantitative estimate of drug-likeness (QED) is 0.131. The third-order valence-electron chi connectivity index (χ3n) is 6.66. The van der Waals surface area contributed by atoms with E-state index in [1.807, 2.05) is 76.0 Å². The molecule has 4 N–H and O–H groups in total. The Kier molecular flexibility index (Phi) is 17.2. The van der Waals surface area contributed by atoms with E-state index in [9.17, 15) is 0 Å². The smallest absolute Gasteiger partial charge is 0.231 e. The molecule has 2 aromatic heterocycles. The summed E-state index contributed by atoms with van der Waals surface area (Å²) in [5.41, 5.74) is 0. The molecule has 0 saturated carbocycles. The van der Waals surface area contributed by atoms with E-state index in [1.54, 1.807) is 0 Å². The van der Waals surface area contributed by atoms with Crippen LogP contribution in [0, 0.1) is 0 Å². The fourth-order valence-corrected chi connectivity index (χ4v) is 4.13. The highest BCUT2D eigenvalue weighted by Gasteiger charge is 2.10. The van der Waals surface area contributed by atoms with E-state index >= 15 is 0 Å². The van der Waals surface area contributed by atoms with Gasteiger partial charge in [0.05, 0.1) is 0 Å². The van der Waals surface area contributed by atoms with Gasteiger partial charge in [0.25, 0.3) is 0 Å². The molecule has 0 aliphatic heterocycles. The molecule has 244 valence electrons. The van der Waals surface area contributed by atoms with Crippen LogP contribution in [0.25, 0.3) is 0 Å². The van der Waals surface area contributed by atoms with Crippen molar-refractivity contribution in [3.8, 4) is 0 Å². The Labute approximate surface area is 259 Å². The molecule has 14 nitrogen and oxygen atoms in total. The van der Waals surface area contributed by atoms with Crippen LogP contribution in [0.4, 0.5) is 35.7 Å². The Bertz CT molecular complexity index is 883. The van der Waals surface area contributed by atoms with Crippen molar-refractivity contribution in [1.29, 1.82) is 0 Å². The normalized spacial score (nSPS) is 11.0. The van der Waals surface area contributed by atoms with E-state index in [0.717, 1.165) is 52.1 Å². The molecule has 0 unspecified atom stereocenters. The van der Waals surface area contributed by atoms with Crippen LogP contribution < -0.4 is 40.9 Å². The summed E-state index contributed by atoms with van der Waals surface area (Å²) in [7, 11) is 15.5. The Morgan fingerprint density at radius 2 is 0.628 bits per heavy atom. The Hall–Kier alpha value is -3.26. The topological polar surface area (TPSA) is 138 Å². The highest BCUT2D eigenvalue weighted by atomic mass is 15.3. The van der Waals surface area contributed by atoms with Crippen LogP contribution in [0.15, 0.2) is 0 Å². The molecule has 0 saturated heterocycles. The molecule has 0 aliphatic rings. The van der Waals surface area contributed by atoms with Gasteiger partial charge in [0.15, 0.2) is 0 Å². The molecular formula is C29H58N14. The second-order valence-electron chi connectivity index (χ2n) is 11.6. The molecule has 14 heteroatoms. The number of unbranched alkanes of at least 4 members (excludes halogenated alkanes) is 6. The van der Waals surface area contributed by atoms with E-state index in [2.05, 4.69) is 51.2 Å². The van der Waals surface area contributed by atoms with Crippen LogP contribution in [-0.4, -0.2) is 126 Å². The van der Waals surface area contributed by atoms with Crippen molar-refractivity contribution in [1.82, 2.24) is 40.5 Å². The first-order chi connectivity index (χ1) is 20.7. The SMILES string of the molecule is CN(C)c1nc(NCCCNCCCCCCCCCNCCCNc2nc(N(C)C)nc(N(C)C)n2)nc(N(C)C)n1. The van der Waals surface area contributed by atoms with Crippen molar-refractivity contribution in [2.45, 2.75) is 57.8 Å². The fraction of sp³-hybridized carbons (Fsp3) is 0.793.